The zero-order valence-electron chi connectivity index (χ0n) is 22.9. The highest BCUT2D eigenvalue weighted by Gasteiger charge is 2.31. The zero-order valence-corrected chi connectivity index (χ0v) is 22.9. The minimum atomic E-state index is -4.79. The van der Waals surface area contributed by atoms with Gasteiger partial charge in [0.05, 0.1) is 13.0 Å². The number of guanidine groups is 1. The van der Waals surface area contributed by atoms with Crippen LogP contribution in [0.1, 0.15) is 65.9 Å². The molecule has 3 aromatic carbocycles. The lowest BCUT2D eigenvalue weighted by Crippen LogP contribution is -2.35. The summed E-state index contributed by atoms with van der Waals surface area (Å²) in [5, 5.41) is 23.1. The first-order valence-corrected chi connectivity index (χ1v) is 13.8. The molecule has 1 aliphatic rings. The van der Waals surface area contributed by atoms with Gasteiger partial charge in [0.2, 0.25) is 0 Å². The second kappa shape index (κ2) is 13.9. The lowest BCUT2D eigenvalue weighted by atomic mass is 9.84. The van der Waals surface area contributed by atoms with Crippen LogP contribution in [0.2, 0.25) is 0 Å². The molecule has 1 fully saturated rings. The lowest BCUT2D eigenvalue weighted by Gasteiger charge is -2.27. The summed E-state index contributed by atoms with van der Waals surface area (Å²) in [5.41, 5.74) is 3.60. The fraction of sp³-hybridized carbons (Fsp3) is 0.323. The molecule has 0 atom stereocenters. The molecular formula is C31H33F3N4O4. The highest BCUT2D eigenvalue weighted by Crippen LogP contribution is 2.34. The van der Waals surface area contributed by atoms with E-state index in [1.165, 1.54) is 49.1 Å². The third-order valence-corrected chi connectivity index (χ3v) is 7.08. The van der Waals surface area contributed by atoms with Crippen LogP contribution in [-0.4, -0.2) is 35.8 Å². The zero-order chi connectivity index (χ0) is 30.1. The van der Waals surface area contributed by atoms with Crippen molar-refractivity contribution in [3.8, 4) is 5.75 Å². The molecule has 0 unspecified atom stereocenters. The predicted molar refractivity (Wildman–Crippen MR) is 154 cm³/mol. The summed E-state index contributed by atoms with van der Waals surface area (Å²) in [5.74, 6) is -1.22. The maximum absolute atomic E-state index is 12.5. The fourth-order valence-electron chi connectivity index (χ4n) is 4.94. The van der Waals surface area contributed by atoms with Gasteiger partial charge in [-0.25, -0.2) is 0 Å². The number of carboxylic acids is 1. The second-order valence-corrected chi connectivity index (χ2v) is 10.2. The number of nitrogens with zero attached hydrogens (tertiary/aromatic N) is 1. The summed E-state index contributed by atoms with van der Waals surface area (Å²) in [6, 6.07) is 20.0. The largest absolute Gasteiger partial charge is 0.573 e. The number of benzene rings is 3. The van der Waals surface area contributed by atoms with Gasteiger partial charge in [0, 0.05) is 23.5 Å². The number of amides is 1. The van der Waals surface area contributed by atoms with Gasteiger partial charge in [-0.2, -0.15) is 0 Å². The molecule has 0 aromatic heterocycles. The summed E-state index contributed by atoms with van der Waals surface area (Å²) >= 11 is 0. The molecule has 0 heterocycles. The average Bonchev–Trinajstić information content (AvgIpc) is 2.97. The number of halogens is 3. The van der Waals surface area contributed by atoms with Crippen molar-refractivity contribution < 1.29 is 32.6 Å². The van der Waals surface area contributed by atoms with Gasteiger partial charge in [-0.15, -0.1) is 13.2 Å². The van der Waals surface area contributed by atoms with Gasteiger partial charge in [-0.05, 0) is 78.4 Å². The number of hydrogen-bond donors (Lipinski definition) is 4. The summed E-state index contributed by atoms with van der Waals surface area (Å²) in [6.45, 7) is 0.289. The monoisotopic (exact) mass is 582 g/mol. The maximum atomic E-state index is 12.5. The number of aliphatic carboxylic acids is 1. The number of nitrogens with one attached hydrogen (secondary N) is 3. The van der Waals surface area contributed by atoms with Crippen LogP contribution in [-0.2, 0) is 11.3 Å². The van der Waals surface area contributed by atoms with E-state index in [-0.39, 0.29) is 37.1 Å². The molecule has 0 aliphatic heterocycles. The first kappa shape index (κ1) is 30.4. The van der Waals surface area contributed by atoms with E-state index in [0.717, 1.165) is 24.1 Å². The highest BCUT2D eigenvalue weighted by atomic mass is 19.4. The van der Waals surface area contributed by atoms with Gasteiger partial charge in [-0.3, -0.25) is 15.0 Å². The molecule has 4 rings (SSSR count). The third-order valence-electron chi connectivity index (χ3n) is 7.08. The van der Waals surface area contributed by atoms with Crippen molar-refractivity contribution in [2.24, 2.45) is 0 Å². The quantitative estimate of drug-likeness (QED) is 0.153. The Morgan fingerprint density at radius 3 is 2.17 bits per heavy atom. The summed E-state index contributed by atoms with van der Waals surface area (Å²) < 4.78 is 41.5. The van der Waals surface area contributed by atoms with E-state index in [1.807, 2.05) is 12.1 Å². The Labute approximate surface area is 242 Å². The van der Waals surface area contributed by atoms with Crippen molar-refractivity contribution in [3.05, 3.63) is 89.5 Å². The molecule has 4 N–H and O–H groups in total. The molecule has 3 aromatic rings. The number of alkyl halides is 3. The third kappa shape index (κ3) is 8.98. The standard InChI is InChI=1S/C31H33F3N4O4/c32-31(33,34)42-27-16-12-25(13-17-27)37-30(35)38(26-14-10-23(11-15-26)22-4-2-1-3-5-22)20-21-6-8-24(9-7-21)29(41)36-19-18-28(39)40/h6-17,22H,1-5,18-20H2,(H2,35,37)(H,36,41)(H,39,40). The molecule has 11 heteroatoms. The average molecular weight is 583 g/mol. The molecule has 0 saturated heterocycles. The number of carboxylic acid groups (broad SMARTS) is 1. The number of ether oxygens (including phenoxy) is 1. The van der Waals surface area contributed by atoms with E-state index < -0.39 is 12.3 Å². The van der Waals surface area contributed by atoms with Crippen LogP contribution in [0.25, 0.3) is 0 Å². The molecule has 0 bridgehead atoms. The SMILES string of the molecule is N=C(Nc1ccc(OC(F)(F)F)cc1)N(Cc1ccc(C(=O)NCCC(=O)O)cc1)c1ccc(C2CCCCC2)cc1. The van der Waals surface area contributed by atoms with Crippen molar-refractivity contribution in [2.75, 3.05) is 16.8 Å². The first-order chi connectivity index (χ1) is 20.1. The fourth-order valence-corrected chi connectivity index (χ4v) is 4.94. The predicted octanol–water partition coefficient (Wildman–Crippen LogP) is 6.89. The van der Waals surface area contributed by atoms with Crippen LogP contribution in [0.4, 0.5) is 24.5 Å². The Kier molecular flexibility index (Phi) is 10.1. The van der Waals surface area contributed by atoms with E-state index in [1.54, 1.807) is 29.2 Å². The van der Waals surface area contributed by atoms with Crippen LogP contribution in [0.15, 0.2) is 72.8 Å². The van der Waals surface area contributed by atoms with Crippen LogP contribution in [0.5, 0.6) is 5.75 Å². The van der Waals surface area contributed by atoms with Crippen LogP contribution in [0.3, 0.4) is 0 Å². The molecule has 1 amide bonds. The van der Waals surface area contributed by atoms with Gasteiger partial charge in [-0.1, -0.05) is 43.5 Å². The van der Waals surface area contributed by atoms with Gasteiger partial charge in [0.15, 0.2) is 5.96 Å². The molecule has 0 radical (unpaired) electrons. The minimum Gasteiger partial charge on any atom is -0.481 e. The van der Waals surface area contributed by atoms with Crippen molar-refractivity contribution in [3.63, 3.8) is 0 Å². The van der Waals surface area contributed by atoms with Gasteiger partial charge < -0.3 is 25.4 Å². The molecule has 1 saturated carbocycles. The number of carbonyl (C=O) groups excluding carboxylic acids is 1. The van der Waals surface area contributed by atoms with Crippen LogP contribution in [0, 0.1) is 5.41 Å². The van der Waals surface area contributed by atoms with Crippen LogP contribution < -0.4 is 20.3 Å². The van der Waals surface area contributed by atoms with Crippen LogP contribution >= 0.6 is 0 Å². The molecule has 42 heavy (non-hydrogen) atoms. The Morgan fingerprint density at radius 1 is 0.929 bits per heavy atom. The number of hydrogen-bond acceptors (Lipinski definition) is 4. The van der Waals surface area contributed by atoms with E-state index in [2.05, 4.69) is 27.5 Å². The van der Waals surface area contributed by atoms with E-state index >= 15 is 0 Å². The van der Waals surface area contributed by atoms with Gasteiger partial charge >= 0.3 is 12.3 Å². The Bertz CT molecular complexity index is 1350. The Balaban J connectivity index is 1.50. The summed E-state index contributed by atoms with van der Waals surface area (Å²) in [7, 11) is 0. The minimum absolute atomic E-state index is 0.000367. The Morgan fingerprint density at radius 2 is 1.57 bits per heavy atom. The highest BCUT2D eigenvalue weighted by molar-refractivity contribution is 6.03. The Hall–Kier alpha value is -4.54. The topological polar surface area (TPSA) is 115 Å². The lowest BCUT2D eigenvalue weighted by molar-refractivity contribution is -0.274. The maximum Gasteiger partial charge on any atom is 0.573 e. The molecule has 0 spiro atoms. The molecule has 8 nitrogen and oxygen atoms in total. The summed E-state index contributed by atoms with van der Waals surface area (Å²) in [6.07, 6.45) is 1.04. The summed E-state index contributed by atoms with van der Waals surface area (Å²) in [4.78, 5) is 24.7. The smallest absolute Gasteiger partial charge is 0.481 e. The van der Waals surface area contributed by atoms with E-state index in [4.69, 9.17) is 10.5 Å². The number of anilines is 2. The first-order valence-electron chi connectivity index (χ1n) is 13.8. The van der Waals surface area contributed by atoms with Crippen molar-refractivity contribution in [1.82, 2.24) is 5.32 Å². The molecule has 222 valence electrons. The number of carbonyl (C=O) groups is 2. The second-order valence-electron chi connectivity index (χ2n) is 10.2. The van der Waals surface area contributed by atoms with Gasteiger partial charge in [0.25, 0.3) is 5.91 Å². The van der Waals surface area contributed by atoms with Crippen molar-refractivity contribution >= 4 is 29.2 Å². The van der Waals surface area contributed by atoms with Crippen molar-refractivity contribution in [2.45, 2.75) is 57.3 Å². The van der Waals surface area contributed by atoms with Gasteiger partial charge in [0.1, 0.15) is 5.75 Å². The van der Waals surface area contributed by atoms with E-state index in [0.29, 0.717) is 17.2 Å². The molecule has 1 aliphatic carbocycles. The van der Waals surface area contributed by atoms with Crippen molar-refractivity contribution in [1.29, 1.82) is 5.41 Å². The number of rotatable bonds is 10. The molecular weight excluding hydrogens is 549 g/mol. The van der Waals surface area contributed by atoms with E-state index in [9.17, 15) is 22.8 Å². The normalized spacial score (nSPS) is 13.7.